The van der Waals surface area contributed by atoms with Crippen molar-refractivity contribution in [1.82, 2.24) is 9.88 Å². The number of thiazole rings is 1. The summed E-state index contributed by atoms with van der Waals surface area (Å²) in [7, 11) is 0. The summed E-state index contributed by atoms with van der Waals surface area (Å²) in [4.78, 5) is 30.9. The van der Waals surface area contributed by atoms with E-state index < -0.39 is 11.9 Å². The molecule has 2 aliphatic rings. The fourth-order valence-electron chi connectivity index (χ4n) is 3.49. The van der Waals surface area contributed by atoms with Crippen LogP contribution in [-0.2, 0) is 11.2 Å². The zero-order valence-electron chi connectivity index (χ0n) is 11.6. The van der Waals surface area contributed by atoms with Crippen LogP contribution in [0.25, 0.3) is 0 Å². The summed E-state index contributed by atoms with van der Waals surface area (Å²) >= 11 is 1.45. The van der Waals surface area contributed by atoms with E-state index in [0.29, 0.717) is 11.3 Å². The van der Waals surface area contributed by atoms with E-state index in [9.17, 15) is 14.7 Å². The predicted octanol–water partition coefficient (Wildman–Crippen LogP) is 2.09. The quantitative estimate of drug-likeness (QED) is 0.926. The number of aromatic nitrogens is 1. The van der Waals surface area contributed by atoms with Gasteiger partial charge in [0.15, 0.2) is 0 Å². The molecule has 2 fully saturated rings. The molecule has 2 aliphatic heterocycles. The van der Waals surface area contributed by atoms with E-state index in [4.69, 9.17) is 0 Å². The highest BCUT2D eigenvalue weighted by Gasteiger charge is 2.51. The summed E-state index contributed by atoms with van der Waals surface area (Å²) < 4.78 is 0. The van der Waals surface area contributed by atoms with Crippen LogP contribution in [0, 0.1) is 12.8 Å². The minimum absolute atomic E-state index is 0.0176. The molecule has 2 saturated heterocycles. The highest BCUT2D eigenvalue weighted by atomic mass is 32.1. The van der Waals surface area contributed by atoms with E-state index in [0.717, 1.165) is 30.0 Å². The van der Waals surface area contributed by atoms with Gasteiger partial charge >= 0.3 is 5.97 Å². The van der Waals surface area contributed by atoms with Crippen LogP contribution >= 0.6 is 11.3 Å². The molecular weight excluding hydrogens is 276 g/mol. The molecule has 20 heavy (non-hydrogen) atoms. The predicted molar refractivity (Wildman–Crippen MR) is 75.0 cm³/mol. The number of hydrogen-bond donors (Lipinski definition) is 1. The maximum atomic E-state index is 12.7. The van der Waals surface area contributed by atoms with Crippen LogP contribution in [0.1, 0.15) is 46.6 Å². The summed E-state index contributed by atoms with van der Waals surface area (Å²) in [5.41, 5.74) is 0.773. The van der Waals surface area contributed by atoms with Crippen molar-refractivity contribution in [3.63, 3.8) is 0 Å². The first-order valence-corrected chi connectivity index (χ1v) is 7.86. The van der Waals surface area contributed by atoms with Crippen molar-refractivity contribution >= 4 is 23.2 Å². The maximum absolute atomic E-state index is 12.7. The Morgan fingerprint density at radius 2 is 2.20 bits per heavy atom. The molecule has 0 radical (unpaired) electrons. The molecule has 0 spiro atoms. The third kappa shape index (κ3) is 1.93. The van der Waals surface area contributed by atoms with E-state index in [-0.39, 0.29) is 18.0 Å². The Hall–Kier alpha value is -1.43. The number of carboxylic acid groups (broad SMARTS) is 1. The number of aliphatic carboxylic acids is 1. The smallest absolute Gasteiger partial charge is 0.308 e. The Morgan fingerprint density at radius 3 is 2.75 bits per heavy atom. The monoisotopic (exact) mass is 294 g/mol. The van der Waals surface area contributed by atoms with Gasteiger partial charge in [0.1, 0.15) is 4.88 Å². The molecule has 0 aliphatic carbocycles. The molecule has 1 amide bonds. The zero-order chi connectivity index (χ0) is 14.4. The fraction of sp³-hybridized carbons (Fsp3) is 0.643. The van der Waals surface area contributed by atoms with Crippen LogP contribution in [0.2, 0.25) is 0 Å². The minimum atomic E-state index is -0.773. The van der Waals surface area contributed by atoms with Crippen molar-refractivity contribution in [2.45, 2.75) is 51.6 Å². The first-order chi connectivity index (χ1) is 9.52. The van der Waals surface area contributed by atoms with Gasteiger partial charge in [0.05, 0.1) is 16.6 Å². The number of rotatable bonds is 3. The fourth-order valence-corrected chi connectivity index (χ4v) is 4.44. The summed E-state index contributed by atoms with van der Waals surface area (Å²) in [5, 5.41) is 10.2. The van der Waals surface area contributed by atoms with Crippen molar-refractivity contribution < 1.29 is 14.7 Å². The second kappa shape index (κ2) is 4.84. The zero-order valence-corrected chi connectivity index (χ0v) is 12.4. The first kappa shape index (κ1) is 13.5. The molecule has 3 heterocycles. The molecule has 1 N–H and O–H groups in total. The third-order valence-electron chi connectivity index (χ3n) is 4.43. The summed E-state index contributed by atoms with van der Waals surface area (Å²) in [6.45, 7) is 3.88. The van der Waals surface area contributed by atoms with Crippen molar-refractivity contribution in [1.29, 1.82) is 0 Å². The van der Waals surface area contributed by atoms with E-state index in [1.165, 1.54) is 11.3 Å². The number of carbonyl (C=O) groups excluding carboxylic acids is 1. The molecule has 1 aromatic rings. The Kier molecular flexibility index (Phi) is 3.28. The second-order valence-electron chi connectivity index (χ2n) is 5.57. The summed E-state index contributed by atoms with van der Waals surface area (Å²) in [5.74, 6) is -1.18. The largest absolute Gasteiger partial charge is 0.481 e. The van der Waals surface area contributed by atoms with Gasteiger partial charge in [-0.05, 0) is 32.6 Å². The van der Waals surface area contributed by atoms with E-state index in [1.807, 2.05) is 18.7 Å². The molecule has 6 heteroatoms. The lowest BCUT2D eigenvalue weighted by molar-refractivity contribution is -0.142. The standard InChI is InChI=1S/C14H18N2O3S/c1-3-11-15-7(2)12(20-11)13(17)16-8-4-5-10(16)9(6-8)14(18)19/h8-10H,3-6H2,1-2H3,(H,18,19). The number of nitrogens with zero attached hydrogens (tertiary/aromatic N) is 2. The molecule has 3 unspecified atom stereocenters. The highest BCUT2D eigenvalue weighted by molar-refractivity contribution is 7.13. The normalized spacial score (nSPS) is 28.1. The molecule has 1 aromatic heterocycles. The number of carbonyl (C=O) groups is 2. The van der Waals surface area contributed by atoms with Crippen molar-refractivity contribution in [2.75, 3.05) is 0 Å². The summed E-state index contributed by atoms with van der Waals surface area (Å²) in [6, 6.07) is -0.0308. The topological polar surface area (TPSA) is 70.5 Å². The van der Waals surface area contributed by atoms with Crippen LogP contribution in [0.3, 0.4) is 0 Å². The van der Waals surface area contributed by atoms with E-state index >= 15 is 0 Å². The average molecular weight is 294 g/mol. The van der Waals surface area contributed by atoms with Gasteiger partial charge in [-0.3, -0.25) is 9.59 Å². The van der Waals surface area contributed by atoms with Crippen LogP contribution in [-0.4, -0.2) is 39.0 Å². The lowest BCUT2D eigenvalue weighted by Crippen LogP contribution is -2.37. The highest BCUT2D eigenvalue weighted by Crippen LogP contribution is 2.43. The lowest BCUT2D eigenvalue weighted by Gasteiger charge is -2.22. The summed E-state index contributed by atoms with van der Waals surface area (Å²) in [6.07, 6.45) is 3.16. The number of aryl methyl sites for hydroxylation is 2. The van der Waals surface area contributed by atoms with Gasteiger partial charge in [-0.2, -0.15) is 0 Å². The van der Waals surface area contributed by atoms with Crippen molar-refractivity contribution in [2.24, 2.45) is 5.92 Å². The Bertz CT molecular complexity index is 569. The van der Waals surface area contributed by atoms with Crippen molar-refractivity contribution in [3.8, 4) is 0 Å². The van der Waals surface area contributed by atoms with Gasteiger partial charge in [-0.1, -0.05) is 6.92 Å². The van der Waals surface area contributed by atoms with Crippen LogP contribution in [0.5, 0.6) is 0 Å². The van der Waals surface area contributed by atoms with Gasteiger partial charge in [-0.15, -0.1) is 11.3 Å². The van der Waals surface area contributed by atoms with Gasteiger partial charge in [0, 0.05) is 12.1 Å². The number of hydrogen-bond acceptors (Lipinski definition) is 4. The Balaban J connectivity index is 1.88. The van der Waals surface area contributed by atoms with Crippen LogP contribution < -0.4 is 0 Å². The Morgan fingerprint density at radius 1 is 1.45 bits per heavy atom. The van der Waals surface area contributed by atoms with Gasteiger partial charge < -0.3 is 10.0 Å². The first-order valence-electron chi connectivity index (χ1n) is 7.04. The van der Waals surface area contributed by atoms with Gasteiger partial charge in [-0.25, -0.2) is 4.98 Å². The van der Waals surface area contributed by atoms with Crippen LogP contribution in [0.4, 0.5) is 0 Å². The SMILES string of the molecule is CCc1nc(C)c(C(=O)N2C3CCC2C(C(=O)O)C3)s1. The van der Waals surface area contributed by atoms with E-state index in [2.05, 4.69) is 4.98 Å². The molecule has 108 valence electrons. The maximum Gasteiger partial charge on any atom is 0.308 e. The lowest BCUT2D eigenvalue weighted by atomic mass is 9.89. The van der Waals surface area contributed by atoms with E-state index in [1.54, 1.807) is 0 Å². The van der Waals surface area contributed by atoms with Gasteiger partial charge in [0.25, 0.3) is 5.91 Å². The van der Waals surface area contributed by atoms with Crippen molar-refractivity contribution in [3.05, 3.63) is 15.6 Å². The number of carboxylic acids is 1. The Labute approximate surface area is 121 Å². The molecule has 3 atom stereocenters. The molecule has 0 aromatic carbocycles. The van der Waals surface area contributed by atoms with Crippen LogP contribution in [0.15, 0.2) is 0 Å². The molecule has 0 saturated carbocycles. The van der Waals surface area contributed by atoms with Gasteiger partial charge in [0.2, 0.25) is 0 Å². The third-order valence-corrected chi connectivity index (χ3v) is 5.72. The number of amides is 1. The molecule has 3 rings (SSSR count). The second-order valence-corrected chi connectivity index (χ2v) is 6.65. The molecule has 5 nitrogen and oxygen atoms in total. The minimum Gasteiger partial charge on any atom is -0.481 e. The average Bonchev–Trinajstić information content (AvgIpc) is 3.09. The molecule has 2 bridgehead atoms. The molecular formula is C14H18N2O3S. The number of fused-ring (bicyclic) bond motifs is 2.